The van der Waals surface area contributed by atoms with Gasteiger partial charge in [0, 0.05) is 33.0 Å². The van der Waals surface area contributed by atoms with Crippen LogP contribution in [0.2, 0.25) is 0 Å². The second-order valence-electron chi connectivity index (χ2n) is 8.39. The van der Waals surface area contributed by atoms with E-state index >= 15 is 0 Å². The van der Waals surface area contributed by atoms with Crippen LogP contribution in [-0.4, -0.2) is 70.7 Å². The number of carboxylic acids is 1. The van der Waals surface area contributed by atoms with E-state index in [9.17, 15) is 24.0 Å². The minimum atomic E-state index is -0.968. The number of likely N-dealkylation sites (tertiary alicyclic amines) is 1. The number of piperidine rings is 2. The number of amides is 4. The highest BCUT2D eigenvalue weighted by Gasteiger charge is 2.47. The van der Waals surface area contributed by atoms with Crippen LogP contribution in [0.3, 0.4) is 0 Å². The van der Waals surface area contributed by atoms with Gasteiger partial charge in [-0.25, -0.2) is 0 Å². The van der Waals surface area contributed by atoms with Crippen LogP contribution in [0.25, 0.3) is 0 Å². The van der Waals surface area contributed by atoms with Gasteiger partial charge in [0.1, 0.15) is 6.04 Å². The summed E-state index contributed by atoms with van der Waals surface area (Å²) < 4.78 is 0. The van der Waals surface area contributed by atoms with Crippen LogP contribution in [0.4, 0.5) is 5.69 Å². The molecule has 9 nitrogen and oxygen atoms in total. The Labute approximate surface area is 179 Å². The molecule has 3 aliphatic heterocycles. The van der Waals surface area contributed by atoms with Crippen molar-refractivity contribution in [3.8, 4) is 0 Å². The number of carboxylic acid groups (broad SMARTS) is 1. The molecule has 4 rings (SSSR count). The predicted molar refractivity (Wildman–Crippen MR) is 110 cm³/mol. The summed E-state index contributed by atoms with van der Waals surface area (Å²) in [5.74, 6) is -2.32. The molecular formula is C22H25N3O6. The first kappa shape index (κ1) is 21.0. The van der Waals surface area contributed by atoms with Crippen LogP contribution in [0, 0.1) is 5.92 Å². The van der Waals surface area contributed by atoms with Gasteiger partial charge >= 0.3 is 5.97 Å². The summed E-state index contributed by atoms with van der Waals surface area (Å²) in [4.78, 5) is 65.6. The first-order chi connectivity index (χ1) is 14.8. The molecule has 3 heterocycles. The van der Waals surface area contributed by atoms with Gasteiger partial charge in [-0.1, -0.05) is 6.07 Å². The summed E-state index contributed by atoms with van der Waals surface area (Å²) in [5.41, 5.74) is 1.26. The van der Waals surface area contributed by atoms with E-state index in [1.807, 2.05) is 6.07 Å². The van der Waals surface area contributed by atoms with Gasteiger partial charge in [-0.15, -0.1) is 0 Å². The minimum absolute atomic E-state index is 0.108. The molecular weight excluding hydrogens is 402 g/mol. The lowest BCUT2D eigenvalue weighted by Crippen LogP contribution is -2.54. The van der Waals surface area contributed by atoms with E-state index < -0.39 is 29.7 Å². The van der Waals surface area contributed by atoms with Crippen LogP contribution in [0.5, 0.6) is 0 Å². The number of imide groups is 2. The van der Waals surface area contributed by atoms with Crippen LogP contribution >= 0.6 is 0 Å². The van der Waals surface area contributed by atoms with Gasteiger partial charge in [-0.2, -0.15) is 0 Å². The van der Waals surface area contributed by atoms with E-state index in [1.165, 1.54) is 7.05 Å². The SMILES string of the molecule is CN1C(=O)CCC(N2C(=O)c3cccc(N4CCC(CCC(=O)O)CC4)c3C2=O)C1=O. The number of aliphatic carboxylic acids is 1. The van der Waals surface area contributed by atoms with Gasteiger partial charge in [0.05, 0.1) is 16.8 Å². The summed E-state index contributed by atoms with van der Waals surface area (Å²) in [6.07, 6.45) is 2.67. The zero-order chi connectivity index (χ0) is 22.3. The molecule has 0 aromatic heterocycles. The Morgan fingerprint density at radius 2 is 1.77 bits per heavy atom. The molecule has 0 saturated carbocycles. The van der Waals surface area contributed by atoms with Crippen molar-refractivity contribution in [3.63, 3.8) is 0 Å². The second kappa shape index (κ2) is 8.13. The maximum absolute atomic E-state index is 13.3. The third-order valence-electron chi connectivity index (χ3n) is 6.58. The van der Waals surface area contributed by atoms with Gasteiger partial charge in [0.15, 0.2) is 0 Å². The highest BCUT2D eigenvalue weighted by molar-refractivity contribution is 6.25. The number of nitrogens with zero attached hydrogens (tertiary/aromatic N) is 3. The normalized spacial score (nSPS) is 22.4. The smallest absolute Gasteiger partial charge is 0.303 e. The van der Waals surface area contributed by atoms with E-state index in [2.05, 4.69) is 4.90 Å². The van der Waals surface area contributed by atoms with Crippen LogP contribution in [0.1, 0.15) is 59.2 Å². The number of anilines is 1. The van der Waals surface area contributed by atoms with Crippen molar-refractivity contribution in [3.05, 3.63) is 29.3 Å². The number of carbonyl (C=O) groups is 5. The summed E-state index contributed by atoms with van der Waals surface area (Å²) in [5, 5.41) is 8.89. The summed E-state index contributed by atoms with van der Waals surface area (Å²) in [6.45, 7) is 1.34. The number of fused-ring (bicyclic) bond motifs is 1. The summed E-state index contributed by atoms with van der Waals surface area (Å²) in [7, 11) is 1.37. The molecule has 31 heavy (non-hydrogen) atoms. The molecule has 4 amide bonds. The quantitative estimate of drug-likeness (QED) is 0.708. The average Bonchev–Trinajstić information content (AvgIpc) is 3.02. The molecule has 1 aromatic carbocycles. The molecule has 1 N–H and O–H groups in total. The van der Waals surface area contributed by atoms with E-state index in [4.69, 9.17) is 5.11 Å². The Bertz CT molecular complexity index is 966. The number of likely N-dealkylation sites (N-methyl/N-ethyl adjacent to an activating group) is 1. The largest absolute Gasteiger partial charge is 0.481 e. The molecule has 0 bridgehead atoms. The second-order valence-corrected chi connectivity index (χ2v) is 8.39. The first-order valence-corrected chi connectivity index (χ1v) is 10.6. The van der Waals surface area contributed by atoms with Crippen molar-refractivity contribution < 1.29 is 29.1 Å². The lowest BCUT2D eigenvalue weighted by molar-refractivity contribution is -0.149. The van der Waals surface area contributed by atoms with E-state index in [1.54, 1.807) is 12.1 Å². The molecule has 0 spiro atoms. The lowest BCUT2D eigenvalue weighted by Gasteiger charge is -2.34. The predicted octanol–water partition coefficient (Wildman–Crippen LogP) is 1.51. The fourth-order valence-corrected chi connectivity index (χ4v) is 4.76. The molecule has 2 fully saturated rings. The number of hydrogen-bond acceptors (Lipinski definition) is 6. The van der Waals surface area contributed by atoms with E-state index in [-0.39, 0.29) is 30.7 Å². The summed E-state index contributed by atoms with van der Waals surface area (Å²) >= 11 is 0. The molecule has 1 unspecified atom stereocenters. The number of carbonyl (C=O) groups excluding carboxylic acids is 4. The number of benzene rings is 1. The lowest BCUT2D eigenvalue weighted by atomic mass is 9.91. The monoisotopic (exact) mass is 427 g/mol. The average molecular weight is 427 g/mol. The Morgan fingerprint density at radius 1 is 1.06 bits per heavy atom. The number of rotatable bonds is 5. The van der Waals surface area contributed by atoms with Gasteiger partial charge < -0.3 is 10.0 Å². The Hall–Kier alpha value is -3.23. The Balaban J connectivity index is 1.55. The fraction of sp³-hybridized carbons (Fsp3) is 0.500. The fourth-order valence-electron chi connectivity index (χ4n) is 4.76. The zero-order valence-electron chi connectivity index (χ0n) is 17.4. The van der Waals surface area contributed by atoms with Crippen molar-refractivity contribution in [2.24, 2.45) is 5.92 Å². The van der Waals surface area contributed by atoms with Gasteiger partial charge in [-0.05, 0) is 43.7 Å². The molecule has 9 heteroatoms. The van der Waals surface area contributed by atoms with Crippen LogP contribution < -0.4 is 4.90 Å². The Morgan fingerprint density at radius 3 is 2.45 bits per heavy atom. The third kappa shape index (κ3) is 3.68. The maximum atomic E-state index is 13.3. The summed E-state index contributed by atoms with van der Waals surface area (Å²) in [6, 6.07) is 4.17. The highest BCUT2D eigenvalue weighted by atomic mass is 16.4. The van der Waals surface area contributed by atoms with E-state index in [0.717, 1.165) is 22.6 Å². The highest BCUT2D eigenvalue weighted by Crippen LogP contribution is 2.36. The minimum Gasteiger partial charge on any atom is -0.481 e. The molecule has 0 radical (unpaired) electrons. The van der Waals surface area contributed by atoms with Crippen molar-refractivity contribution in [1.29, 1.82) is 0 Å². The maximum Gasteiger partial charge on any atom is 0.303 e. The van der Waals surface area contributed by atoms with Crippen LogP contribution in [-0.2, 0) is 14.4 Å². The molecule has 2 saturated heterocycles. The zero-order valence-corrected chi connectivity index (χ0v) is 17.4. The number of hydrogen-bond donors (Lipinski definition) is 1. The van der Waals surface area contributed by atoms with Gasteiger partial charge in [0.25, 0.3) is 17.7 Å². The van der Waals surface area contributed by atoms with Gasteiger partial charge in [0.2, 0.25) is 5.91 Å². The van der Waals surface area contributed by atoms with Crippen molar-refractivity contribution >= 4 is 35.3 Å². The molecule has 0 aliphatic carbocycles. The van der Waals surface area contributed by atoms with Gasteiger partial charge in [-0.3, -0.25) is 33.8 Å². The Kier molecular flexibility index (Phi) is 5.51. The van der Waals surface area contributed by atoms with E-state index in [0.29, 0.717) is 36.7 Å². The molecule has 1 aromatic rings. The molecule has 3 aliphatic rings. The first-order valence-electron chi connectivity index (χ1n) is 10.6. The third-order valence-corrected chi connectivity index (χ3v) is 6.58. The van der Waals surface area contributed by atoms with Crippen LogP contribution in [0.15, 0.2) is 18.2 Å². The topological polar surface area (TPSA) is 115 Å². The molecule has 164 valence electrons. The van der Waals surface area contributed by atoms with Crippen molar-refractivity contribution in [2.75, 3.05) is 25.0 Å². The van der Waals surface area contributed by atoms with Crippen molar-refractivity contribution in [1.82, 2.24) is 9.80 Å². The standard InChI is InChI=1S/C22H25N3O6/c1-23-17(26)7-6-16(21(23)30)25-20(29)14-3-2-4-15(19(14)22(25)31)24-11-9-13(10-12-24)5-8-18(27)28/h2-4,13,16H,5-12H2,1H3,(H,27,28). The van der Waals surface area contributed by atoms with Crippen molar-refractivity contribution in [2.45, 2.75) is 44.6 Å². The molecule has 1 atom stereocenters.